The summed E-state index contributed by atoms with van der Waals surface area (Å²) < 4.78 is 1.11. The van der Waals surface area contributed by atoms with Gasteiger partial charge in [0.15, 0.2) is 0 Å². The average molecular weight is 343 g/mol. The lowest BCUT2D eigenvalue weighted by Gasteiger charge is -2.34. The Hall–Kier alpha value is 0.01000. The van der Waals surface area contributed by atoms with Gasteiger partial charge in [-0.15, -0.1) is 11.8 Å². The summed E-state index contributed by atoms with van der Waals surface area (Å²) >= 11 is 5.22. The summed E-state index contributed by atoms with van der Waals surface area (Å²) in [6.45, 7) is 2.26. The third-order valence-corrected chi connectivity index (χ3v) is 5.86. The molecule has 1 fully saturated rings. The Bertz CT molecular complexity index is 379. The molecule has 3 unspecified atom stereocenters. The first kappa shape index (κ1) is 15.4. The second kappa shape index (κ2) is 7.70. The molecule has 1 aliphatic rings. The van der Waals surface area contributed by atoms with Crippen molar-refractivity contribution >= 4 is 27.7 Å². The maximum atomic E-state index is 10.5. The number of benzene rings is 1. The average Bonchev–Trinajstić information content (AvgIpc) is 2.46. The quantitative estimate of drug-likeness (QED) is 0.749. The Morgan fingerprint density at radius 2 is 1.95 bits per heavy atom. The van der Waals surface area contributed by atoms with Crippen LogP contribution in [0.15, 0.2) is 33.6 Å². The van der Waals surface area contributed by atoms with Gasteiger partial charge < -0.3 is 5.11 Å². The van der Waals surface area contributed by atoms with Gasteiger partial charge in [0.05, 0.1) is 6.10 Å². The van der Waals surface area contributed by atoms with Crippen molar-refractivity contribution in [2.75, 3.05) is 5.75 Å². The fraction of sp³-hybridized carbons (Fsp3) is 0.625. The Morgan fingerprint density at radius 1 is 1.26 bits per heavy atom. The molecular formula is C16H23BrOS. The van der Waals surface area contributed by atoms with Crippen molar-refractivity contribution in [3.8, 4) is 0 Å². The Morgan fingerprint density at radius 3 is 2.63 bits per heavy atom. The lowest BCUT2D eigenvalue weighted by molar-refractivity contribution is 0.0629. The maximum absolute atomic E-state index is 10.5. The van der Waals surface area contributed by atoms with E-state index in [1.54, 1.807) is 11.8 Å². The van der Waals surface area contributed by atoms with Gasteiger partial charge >= 0.3 is 0 Å². The molecule has 1 N–H and O–H groups in total. The van der Waals surface area contributed by atoms with Crippen molar-refractivity contribution < 1.29 is 5.11 Å². The fourth-order valence-electron chi connectivity index (χ4n) is 3.09. The molecule has 1 nitrogen and oxygen atoms in total. The first-order valence-electron chi connectivity index (χ1n) is 7.27. The predicted molar refractivity (Wildman–Crippen MR) is 86.6 cm³/mol. The highest BCUT2D eigenvalue weighted by Crippen LogP contribution is 2.36. The minimum absolute atomic E-state index is 0.154. The van der Waals surface area contributed by atoms with E-state index in [1.165, 1.54) is 37.0 Å². The van der Waals surface area contributed by atoms with E-state index < -0.39 is 0 Å². The highest BCUT2D eigenvalue weighted by Gasteiger charge is 2.29. The highest BCUT2D eigenvalue weighted by atomic mass is 79.9. The zero-order chi connectivity index (χ0) is 13.7. The van der Waals surface area contributed by atoms with Gasteiger partial charge in [0.2, 0.25) is 0 Å². The number of halogens is 1. The zero-order valence-corrected chi connectivity index (χ0v) is 13.9. The third-order valence-electron chi connectivity index (χ3n) is 4.22. The van der Waals surface area contributed by atoms with E-state index in [0.717, 1.165) is 16.1 Å². The van der Waals surface area contributed by atoms with Gasteiger partial charge in [0.25, 0.3) is 0 Å². The summed E-state index contributed by atoms with van der Waals surface area (Å²) in [7, 11) is 0. The van der Waals surface area contributed by atoms with Crippen LogP contribution in [-0.2, 0) is 0 Å². The predicted octanol–water partition coefficient (Wildman–Crippen LogP) is 5.12. The van der Waals surface area contributed by atoms with Crippen LogP contribution < -0.4 is 0 Å². The van der Waals surface area contributed by atoms with Crippen molar-refractivity contribution in [2.24, 2.45) is 11.8 Å². The van der Waals surface area contributed by atoms with E-state index in [1.807, 2.05) is 0 Å². The summed E-state index contributed by atoms with van der Waals surface area (Å²) in [4.78, 5) is 1.24. The van der Waals surface area contributed by atoms with E-state index in [0.29, 0.717) is 5.92 Å². The second-order valence-electron chi connectivity index (χ2n) is 5.45. The van der Waals surface area contributed by atoms with Gasteiger partial charge in [0.1, 0.15) is 0 Å². The van der Waals surface area contributed by atoms with Crippen LogP contribution in [0.1, 0.15) is 39.0 Å². The molecular weight excluding hydrogens is 320 g/mol. The van der Waals surface area contributed by atoms with Gasteiger partial charge in [0, 0.05) is 15.1 Å². The van der Waals surface area contributed by atoms with E-state index in [9.17, 15) is 5.11 Å². The molecule has 0 amide bonds. The first-order chi connectivity index (χ1) is 9.20. The van der Waals surface area contributed by atoms with Gasteiger partial charge in [-0.25, -0.2) is 0 Å². The summed E-state index contributed by atoms with van der Waals surface area (Å²) in [5.41, 5.74) is 0. The van der Waals surface area contributed by atoms with Crippen molar-refractivity contribution in [3.63, 3.8) is 0 Å². The monoisotopic (exact) mass is 342 g/mol. The maximum Gasteiger partial charge on any atom is 0.0664 e. The molecule has 0 spiro atoms. The van der Waals surface area contributed by atoms with Crippen LogP contribution in [0.5, 0.6) is 0 Å². The van der Waals surface area contributed by atoms with Crippen molar-refractivity contribution in [1.82, 2.24) is 0 Å². The molecule has 0 aromatic heterocycles. The van der Waals surface area contributed by atoms with Crippen molar-refractivity contribution in [3.05, 3.63) is 28.7 Å². The number of rotatable bonds is 5. The van der Waals surface area contributed by atoms with Gasteiger partial charge in [-0.1, -0.05) is 48.5 Å². The molecule has 2 rings (SSSR count). The molecule has 1 aromatic rings. The summed E-state index contributed by atoms with van der Waals surface area (Å²) in [5.74, 6) is 2.07. The van der Waals surface area contributed by atoms with E-state index in [2.05, 4.69) is 47.1 Å². The smallest absolute Gasteiger partial charge is 0.0664 e. The van der Waals surface area contributed by atoms with Crippen molar-refractivity contribution in [2.45, 2.75) is 50.0 Å². The molecule has 1 saturated carbocycles. The Balaban J connectivity index is 1.85. The van der Waals surface area contributed by atoms with Crippen LogP contribution in [0, 0.1) is 11.8 Å². The number of aliphatic hydroxyl groups excluding tert-OH is 1. The molecule has 19 heavy (non-hydrogen) atoms. The number of thioether (sulfide) groups is 1. The summed E-state index contributed by atoms with van der Waals surface area (Å²) in [5, 5.41) is 10.5. The fourth-order valence-corrected chi connectivity index (χ4v) is 4.29. The van der Waals surface area contributed by atoms with E-state index in [-0.39, 0.29) is 6.10 Å². The molecule has 0 aliphatic heterocycles. The summed E-state index contributed by atoms with van der Waals surface area (Å²) in [6.07, 6.45) is 6.22. The number of hydrogen-bond acceptors (Lipinski definition) is 2. The Kier molecular flexibility index (Phi) is 6.24. The zero-order valence-electron chi connectivity index (χ0n) is 11.5. The molecule has 3 atom stereocenters. The lowest BCUT2D eigenvalue weighted by atomic mass is 9.75. The van der Waals surface area contributed by atoms with Gasteiger partial charge in [-0.3, -0.25) is 0 Å². The molecule has 0 heterocycles. The summed E-state index contributed by atoms with van der Waals surface area (Å²) in [6, 6.07) is 8.34. The molecule has 1 aromatic carbocycles. The van der Waals surface area contributed by atoms with Crippen LogP contribution in [0.4, 0.5) is 0 Å². The van der Waals surface area contributed by atoms with E-state index >= 15 is 0 Å². The molecule has 0 saturated heterocycles. The van der Waals surface area contributed by atoms with Crippen LogP contribution in [-0.4, -0.2) is 17.0 Å². The SMILES string of the molecule is CCC1CCCCC1C(O)CSc1ccc(Br)cc1. The topological polar surface area (TPSA) is 20.2 Å². The number of aliphatic hydroxyl groups is 1. The minimum atomic E-state index is -0.154. The minimum Gasteiger partial charge on any atom is -0.392 e. The van der Waals surface area contributed by atoms with Gasteiger partial charge in [-0.05, 0) is 42.5 Å². The van der Waals surface area contributed by atoms with E-state index in [4.69, 9.17) is 0 Å². The molecule has 3 heteroatoms. The van der Waals surface area contributed by atoms with Gasteiger partial charge in [-0.2, -0.15) is 0 Å². The standard InChI is InChI=1S/C16H23BrOS/c1-2-12-5-3-4-6-15(12)16(18)11-19-14-9-7-13(17)8-10-14/h7-10,12,15-16,18H,2-6,11H2,1H3. The largest absolute Gasteiger partial charge is 0.392 e. The molecule has 106 valence electrons. The van der Waals surface area contributed by atoms with Crippen molar-refractivity contribution in [1.29, 1.82) is 0 Å². The van der Waals surface area contributed by atoms with Crippen LogP contribution in [0.3, 0.4) is 0 Å². The third kappa shape index (κ3) is 4.51. The first-order valence-corrected chi connectivity index (χ1v) is 9.05. The molecule has 0 radical (unpaired) electrons. The number of hydrogen-bond donors (Lipinski definition) is 1. The second-order valence-corrected chi connectivity index (χ2v) is 7.46. The Labute approximate surface area is 129 Å². The lowest BCUT2D eigenvalue weighted by Crippen LogP contribution is -2.32. The highest BCUT2D eigenvalue weighted by molar-refractivity contribution is 9.10. The molecule has 1 aliphatic carbocycles. The normalized spacial score (nSPS) is 25.2. The molecule has 0 bridgehead atoms. The van der Waals surface area contributed by atoms with Crippen LogP contribution in [0.25, 0.3) is 0 Å². The van der Waals surface area contributed by atoms with Crippen LogP contribution >= 0.6 is 27.7 Å². The van der Waals surface area contributed by atoms with Crippen LogP contribution in [0.2, 0.25) is 0 Å².